The first-order valence-corrected chi connectivity index (χ1v) is 7.71. The van der Waals surface area contributed by atoms with Crippen LogP contribution in [0.25, 0.3) is 0 Å². The number of nitrogens with zero attached hydrogens (tertiary/aromatic N) is 4. The number of urea groups is 1. The fourth-order valence-corrected chi connectivity index (χ4v) is 2.77. The average molecular weight is 330 g/mol. The Kier molecular flexibility index (Phi) is 4.41. The molecular formula is C15H18N6O3. The van der Waals surface area contributed by atoms with Gasteiger partial charge in [0.1, 0.15) is 12.2 Å². The van der Waals surface area contributed by atoms with Crippen LogP contribution in [0, 0.1) is 10.1 Å². The summed E-state index contributed by atoms with van der Waals surface area (Å²) in [6.07, 6.45) is 3.09. The Morgan fingerprint density at radius 2 is 2.33 bits per heavy atom. The van der Waals surface area contributed by atoms with Crippen molar-refractivity contribution in [2.45, 2.75) is 38.4 Å². The van der Waals surface area contributed by atoms with E-state index in [-0.39, 0.29) is 23.8 Å². The van der Waals surface area contributed by atoms with Crippen molar-refractivity contribution < 1.29 is 9.72 Å². The molecule has 0 spiro atoms. The molecule has 2 amide bonds. The SMILES string of the molecule is C[C@H](NC(=O)N[C@@H]1CCc2ncnn2C1)c1cccc([N+](=O)[O-])c1. The third-order valence-corrected chi connectivity index (χ3v) is 4.07. The molecule has 1 aromatic carbocycles. The van der Waals surface area contributed by atoms with E-state index in [1.54, 1.807) is 23.7 Å². The minimum Gasteiger partial charge on any atom is -0.334 e. The molecule has 2 aromatic rings. The number of non-ortho nitro benzene ring substituents is 1. The van der Waals surface area contributed by atoms with E-state index in [4.69, 9.17) is 0 Å². The molecule has 0 fully saturated rings. The molecule has 1 aromatic heterocycles. The van der Waals surface area contributed by atoms with E-state index in [2.05, 4.69) is 20.7 Å². The summed E-state index contributed by atoms with van der Waals surface area (Å²) in [5, 5.41) is 20.7. The van der Waals surface area contributed by atoms with Gasteiger partial charge in [-0.25, -0.2) is 14.5 Å². The van der Waals surface area contributed by atoms with Crippen molar-refractivity contribution in [3.8, 4) is 0 Å². The third kappa shape index (κ3) is 3.50. The molecular weight excluding hydrogens is 312 g/mol. The number of fused-ring (bicyclic) bond motifs is 1. The summed E-state index contributed by atoms with van der Waals surface area (Å²) >= 11 is 0. The highest BCUT2D eigenvalue weighted by Gasteiger charge is 2.22. The Labute approximate surface area is 138 Å². The summed E-state index contributed by atoms with van der Waals surface area (Å²) in [4.78, 5) is 26.7. The summed E-state index contributed by atoms with van der Waals surface area (Å²) in [5.41, 5.74) is 0.689. The number of hydrogen-bond acceptors (Lipinski definition) is 5. The van der Waals surface area contributed by atoms with Crippen LogP contribution in [0.1, 0.15) is 30.8 Å². The van der Waals surface area contributed by atoms with Gasteiger partial charge >= 0.3 is 6.03 Å². The normalized spacial score (nSPS) is 17.6. The summed E-state index contributed by atoms with van der Waals surface area (Å²) in [7, 11) is 0. The van der Waals surface area contributed by atoms with Crippen LogP contribution in [0.15, 0.2) is 30.6 Å². The molecule has 3 rings (SSSR count). The zero-order chi connectivity index (χ0) is 17.1. The highest BCUT2D eigenvalue weighted by molar-refractivity contribution is 5.74. The number of amides is 2. The molecule has 0 saturated heterocycles. The predicted molar refractivity (Wildman–Crippen MR) is 85.3 cm³/mol. The summed E-state index contributed by atoms with van der Waals surface area (Å²) < 4.78 is 1.79. The number of aryl methyl sites for hydroxylation is 1. The van der Waals surface area contributed by atoms with E-state index < -0.39 is 4.92 Å². The third-order valence-electron chi connectivity index (χ3n) is 4.07. The van der Waals surface area contributed by atoms with Crippen LogP contribution in [0.4, 0.5) is 10.5 Å². The molecule has 0 unspecified atom stereocenters. The van der Waals surface area contributed by atoms with E-state index >= 15 is 0 Å². The maximum absolute atomic E-state index is 12.2. The maximum atomic E-state index is 12.2. The second-order valence-electron chi connectivity index (χ2n) is 5.79. The molecule has 24 heavy (non-hydrogen) atoms. The Morgan fingerprint density at radius 3 is 3.12 bits per heavy atom. The summed E-state index contributed by atoms with van der Waals surface area (Å²) in [5.74, 6) is 0.929. The number of nitrogens with one attached hydrogen (secondary N) is 2. The average Bonchev–Trinajstić information content (AvgIpc) is 3.02. The van der Waals surface area contributed by atoms with Gasteiger partial charge in [-0.05, 0) is 18.9 Å². The van der Waals surface area contributed by atoms with Crippen molar-refractivity contribution in [3.05, 3.63) is 52.1 Å². The second kappa shape index (κ2) is 6.65. The van der Waals surface area contributed by atoms with Crippen LogP contribution in [0.2, 0.25) is 0 Å². The topological polar surface area (TPSA) is 115 Å². The predicted octanol–water partition coefficient (Wildman–Crippen LogP) is 1.56. The zero-order valence-electron chi connectivity index (χ0n) is 13.2. The summed E-state index contributed by atoms with van der Waals surface area (Å²) in [6, 6.07) is 5.59. The van der Waals surface area contributed by atoms with Gasteiger partial charge < -0.3 is 10.6 Å². The number of carbonyl (C=O) groups excluding carboxylic acids is 1. The van der Waals surface area contributed by atoms with E-state index in [1.807, 2.05) is 0 Å². The van der Waals surface area contributed by atoms with Crippen LogP contribution in [-0.2, 0) is 13.0 Å². The van der Waals surface area contributed by atoms with Gasteiger partial charge in [-0.15, -0.1) is 0 Å². The number of rotatable bonds is 4. The molecule has 1 aliphatic heterocycles. The lowest BCUT2D eigenvalue weighted by atomic mass is 10.1. The number of carbonyl (C=O) groups is 1. The number of aromatic nitrogens is 3. The van der Waals surface area contributed by atoms with Crippen LogP contribution in [0.3, 0.4) is 0 Å². The van der Waals surface area contributed by atoms with E-state index in [0.29, 0.717) is 12.1 Å². The quantitative estimate of drug-likeness (QED) is 0.652. The monoisotopic (exact) mass is 330 g/mol. The van der Waals surface area contributed by atoms with Gasteiger partial charge in [-0.1, -0.05) is 12.1 Å². The lowest BCUT2D eigenvalue weighted by Gasteiger charge is -2.24. The molecule has 1 aliphatic rings. The van der Waals surface area contributed by atoms with Gasteiger partial charge in [0.05, 0.1) is 23.6 Å². The number of nitro groups is 1. The molecule has 0 saturated carbocycles. The molecule has 9 heteroatoms. The first kappa shape index (κ1) is 15.9. The molecule has 126 valence electrons. The Bertz CT molecular complexity index is 759. The fourth-order valence-electron chi connectivity index (χ4n) is 2.77. The smallest absolute Gasteiger partial charge is 0.315 e. The van der Waals surface area contributed by atoms with E-state index in [0.717, 1.165) is 18.7 Å². The number of benzene rings is 1. The van der Waals surface area contributed by atoms with Crippen molar-refractivity contribution in [2.24, 2.45) is 0 Å². The fraction of sp³-hybridized carbons (Fsp3) is 0.400. The highest BCUT2D eigenvalue weighted by Crippen LogP contribution is 2.19. The van der Waals surface area contributed by atoms with Crippen molar-refractivity contribution in [1.82, 2.24) is 25.4 Å². The Hall–Kier alpha value is -2.97. The molecule has 0 aliphatic carbocycles. The minimum atomic E-state index is -0.450. The van der Waals surface area contributed by atoms with Crippen LogP contribution >= 0.6 is 0 Å². The van der Waals surface area contributed by atoms with Crippen molar-refractivity contribution >= 4 is 11.7 Å². The van der Waals surface area contributed by atoms with Gasteiger partial charge in [0.15, 0.2) is 0 Å². The van der Waals surface area contributed by atoms with Crippen molar-refractivity contribution in [2.75, 3.05) is 0 Å². The Morgan fingerprint density at radius 1 is 1.50 bits per heavy atom. The summed E-state index contributed by atoms with van der Waals surface area (Å²) in [6.45, 7) is 2.38. The molecule has 2 N–H and O–H groups in total. The zero-order valence-corrected chi connectivity index (χ0v) is 13.2. The minimum absolute atomic E-state index is 0.00699. The van der Waals surface area contributed by atoms with Crippen LogP contribution < -0.4 is 10.6 Å². The van der Waals surface area contributed by atoms with Crippen molar-refractivity contribution in [1.29, 1.82) is 0 Å². The molecule has 2 atom stereocenters. The maximum Gasteiger partial charge on any atom is 0.315 e. The van der Waals surface area contributed by atoms with Gasteiger partial charge in [0.2, 0.25) is 0 Å². The van der Waals surface area contributed by atoms with Gasteiger partial charge in [0.25, 0.3) is 5.69 Å². The van der Waals surface area contributed by atoms with Gasteiger partial charge in [0, 0.05) is 18.6 Å². The van der Waals surface area contributed by atoms with E-state index in [1.165, 1.54) is 18.5 Å². The Balaban J connectivity index is 1.57. The molecule has 0 radical (unpaired) electrons. The highest BCUT2D eigenvalue weighted by atomic mass is 16.6. The number of hydrogen-bond donors (Lipinski definition) is 2. The molecule has 0 bridgehead atoms. The second-order valence-corrected chi connectivity index (χ2v) is 5.79. The molecule has 2 heterocycles. The van der Waals surface area contributed by atoms with Gasteiger partial charge in [-0.2, -0.15) is 5.10 Å². The lowest BCUT2D eigenvalue weighted by Crippen LogP contribution is -2.46. The van der Waals surface area contributed by atoms with Crippen LogP contribution in [-0.4, -0.2) is 31.8 Å². The first-order chi connectivity index (χ1) is 11.5. The van der Waals surface area contributed by atoms with E-state index in [9.17, 15) is 14.9 Å². The number of nitro benzene ring substituents is 1. The van der Waals surface area contributed by atoms with Crippen molar-refractivity contribution in [3.63, 3.8) is 0 Å². The van der Waals surface area contributed by atoms with Crippen LogP contribution in [0.5, 0.6) is 0 Å². The van der Waals surface area contributed by atoms with Gasteiger partial charge in [-0.3, -0.25) is 10.1 Å². The lowest BCUT2D eigenvalue weighted by molar-refractivity contribution is -0.384. The molecule has 9 nitrogen and oxygen atoms in total. The first-order valence-electron chi connectivity index (χ1n) is 7.71. The standard InChI is InChI=1S/C15H18N6O3/c1-10(11-3-2-4-13(7-11)21(23)24)18-15(22)19-12-5-6-14-16-9-17-20(14)8-12/h2-4,7,9-10,12H,5-6,8H2,1H3,(H2,18,19,22)/t10-,12+/m0/s1. The largest absolute Gasteiger partial charge is 0.334 e.